The molecule has 3 nitrogen and oxygen atoms in total. The number of hydrogen-bond donors (Lipinski definition) is 0. The van der Waals surface area contributed by atoms with Crippen LogP contribution in [0.25, 0.3) is 0 Å². The van der Waals surface area contributed by atoms with Gasteiger partial charge in [-0.25, -0.2) is 9.97 Å². The van der Waals surface area contributed by atoms with Crippen LogP contribution in [0.5, 0.6) is 0 Å². The fourth-order valence-electron chi connectivity index (χ4n) is 1.99. The van der Waals surface area contributed by atoms with E-state index < -0.39 is 0 Å². The Balaban J connectivity index is 2.21. The van der Waals surface area contributed by atoms with E-state index in [0.717, 1.165) is 31.8 Å². The molecule has 0 amide bonds. The van der Waals surface area contributed by atoms with Crippen LogP contribution in [0.2, 0.25) is 0 Å². The number of hydrogen-bond acceptors (Lipinski definition) is 3. The molecular weight excluding hydrogens is 186 g/mol. The Hall–Kier alpha value is -0.960. The Morgan fingerprint density at radius 2 is 2.27 bits per heavy atom. The van der Waals surface area contributed by atoms with E-state index in [4.69, 9.17) is 0 Å². The van der Waals surface area contributed by atoms with E-state index in [0.29, 0.717) is 6.04 Å². The van der Waals surface area contributed by atoms with Crippen LogP contribution in [-0.2, 0) is 19.4 Å². The number of aromatic nitrogens is 2. The van der Waals surface area contributed by atoms with Crippen molar-refractivity contribution in [2.75, 3.05) is 6.54 Å². The molecular formula is C12H19N3. The lowest BCUT2D eigenvalue weighted by atomic mass is 10.1. The van der Waals surface area contributed by atoms with Gasteiger partial charge in [0.1, 0.15) is 5.82 Å². The lowest BCUT2D eigenvalue weighted by molar-refractivity contribution is 0.201. The molecule has 0 bridgehead atoms. The van der Waals surface area contributed by atoms with Crippen molar-refractivity contribution in [2.45, 2.75) is 46.2 Å². The van der Waals surface area contributed by atoms with Crippen LogP contribution in [0.1, 0.15) is 37.9 Å². The standard InChI is InChI=1S/C12H19N3/c1-4-12-13-7-10-8-15(9(2)3)6-5-11(10)14-12/h7,9H,4-6,8H2,1-3H3. The van der Waals surface area contributed by atoms with Gasteiger partial charge in [0, 0.05) is 49.4 Å². The van der Waals surface area contributed by atoms with Crippen molar-refractivity contribution in [3.05, 3.63) is 23.3 Å². The predicted octanol–water partition coefficient (Wildman–Crippen LogP) is 1.81. The highest BCUT2D eigenvalue weighted by atomic mass is 15.2. The van der Waals surface area contributed by atoms with Crippen LogP contribution in [-0.4, -0.2) is 27.5 Å². The molecule has 2 rings (SSSR count). The summed E-state index contributed by atoms with van der Waals surface area (Å²) < 4.78 is 0. The Labute approximate surface area is 91.5 Å². The summed E-state index contributed by atoms with van der Waals surface area (Å²) >= 11 is 0. The minimum Gasteiger partial charge on any atom is -0.296 e. The first-order valence-corrected chi connectivity index (χ1v) is 5.78. The van der Waals surface area contributed by atoms with Crippen molar-refractivity contribution >= 4 is 0 Å². The number of fused-ring (bicyclic) bond motifs is 1. The van der Waals surface area contributed by atoms with Gasteiger partial charge in [0.05, 0.1) is 0 Å². The Morgan fingerprint density at radius 1 is 1.47 bits per heavy atom. The second-order valence-corrected chi connectivity index (χ2v) is 4.43. The van der Waals surface area contributed by atoms with Gasteiger partial charge < -0.3 is 0 Å². The summed E-state index contributed by atoms with van der Waals surface area (Å²) in [5.41, 5.74) is 2.57. The molecule has 1 aliphatic rings. The third-order valence-electron chi connectivity index (χ3n) is 3.06. The predicted molar refractivity (Wildman–Crippen MR) is 60.7 cm³/mol. The quantitative estimate of drug-likeness (QED) is 0.737. The maximum Gasteiger partial charge on any atom is 0.128 e. The molecule has 1 aliphatic heterocycles. The summed E-state index contributed by atoms with van der Waals surface area (Å²) in [6, 6.07) is 0.615. The van der Waals surface area contributed by atoms with Crippen LogP contribution in [0.15, 0.2) is 6.20 Å². The smallest absolute Gasteiger partial charge is 0.128 e. The van der Waals surface area contributed by atoms with E-state index >= 15 is 0 Å². The Morgan fingerprint density at radius 3 is 2.93 bits per heavy atom. The number of nitrogens with zero attached hydrogens (tertiary/aromatic N) is 3. The van der Waals surface area contributed by atoms with Gasteiger partial charge in [-0.1, -0.05) is 6.92 Å². The van der Waals surface area contributed by atoms with E-state index in [1.807, 2.05) is 6.20 Å². The first-order valence-electron chi connectivity index (χ1n) is 5.78. The molecule has 0 spiro atoms. The maximum absolute atomic E-state index is 4.59. The molecule has 0 aliphatic carbocycles. The van der Waals surface area contributed by atoms with Crippen LogP contribution >= 0.6 is 0 Å². The topological polar surface area (TPSA) is 29.0 Å². The van der Waals surface area contributed by atoms with Crippen molar-refractivity contribution in [3.8, 4) is 0 Å². The highest BCUT2D eigenvalue weighted by Crippen LogP contribution is 2.18. The first kappa shape index (κ1) is 10.6. The molecule has 0 N–H and O–H groups in total. The van der Waals surface area contributed by atoms with Gasteiger partial charge in [-0.3, -0.25) is 4.90 Å². The molecule has 0 saturated heterocycles. The molecule has 2 heterocycles. The van der Waals surface area contributed by atoms with Crippen molar-refractivity contribution in [2.24, 2.45) is 0 Å². The van der Waals surface area contributed by atoms with E-state index in [1.54, 1.807) is 0 Å². The molecule has 0 atom stereocenters. The summed E-state index contributed by atoms with van der Waals surface area (Å²) in [4.78, 5) is 11.4. The fraction of sp³-hybridized carbons (Fsp3) is 0.667. The van der Waals surface area contributed by atoms with Gasteiger partial charge in [0.25, 0.3) is 0 Å². The summed E-state index contributed by atoms with van der Waals surface area (Å²) in [7, 11) is 0. The van der Waals surface area contributed by atoms with E-state index in [9.17, 15) is 0 Å². The van der Waals surface area contributed by atoms with Crippen molar-refractivity contribution in [1.82, 2.24) is 14.9 Å². The fourth-order valence-corrected chi connectivity index (χ4v) is 1.99. The van der Waals surface area contributed by atoms with Crippen LogP contribution in [0.4, 0.5) is 0 Å². The summed E-state index contributed by atoms with van der Waals surface area (Å²) in [6.07, 6.45) is 4.01. The third kappa shape index (κ3) is 2.17. The molecule has 1 aromatic rings. The monoisotopic (exact) mass is 205 g/mol. The van der Waals surface area contributed by atoms with Gasteiger partial charge in [0.2, 0.25) is 0 Å². The zero-order valence-electron chi connectivity index (χ0n) is 9.82. The SMILES string of the molecule is CCc1ncc2c(n1)CCN(C(C)C)C2. The highest BCUT2D eigenvalue weighted by molar-refractivity contribution is 5.20. The van der Waals surface area contributed by atoms with Gasteiger partial charge in [0.15, 0.2) is 0 Å². The highest BCUT2D eigenvalue weighted by Gasteiger charge is 2.19. The van der Waals surface area contributed by atoms with E-state index in [-0.39, 0.29) is 0 Å². The molecule has 15 heavy (non-hydrogen) atoms. The lowest BCUT2D eigenvalue weighted by Crippen LogP contribution is -2.36. The molecule has 0 saturated carbocycles. The summed E-state index contributed by atoms with van der Waals surface area (Å²) in [5.74, 6) is 0.978. The normalized spacial score (nSPS) is 16.8. The van der Waals surface area contributed by atoms with E-state index in [2.05, 4.69) is 35.6 Å². The van der Waals surface area contributed by atoms with E-state index in [1.165, 1.54) is 11.3 Å². The average Bonchev–Trinajstić information content (AvgIpc) is 2.27. The summed E-state index contributed by atoms with van der Waals surface area (Å²) in [6.45, 7) is 8.73. The van der Waals surface area contributed by atoms with Gasteiger partial charge in [-0.15, -0.1) is 0 Å². The van der Waals surface area contributed by atoms with Gasteiger partial charge in [-0.2, -0.15) is 0 Å². The van der Waals surface area contributed by atoms with Crippen LogP contribution < -0.4 is 0 Å². The minimum absolute atomic E-state index is 0.615. The van der Waals surface area contributed by atoms with Gasteiger partial charge >= 0.3 is 0 Å². The van der Waals surface area contributed by atoms with Crippen LogP contribution in [0, 0.1) is 0 Å². The number of rotatable bonds is 2. The molecule has 0 aromatic carbocycles. The zero-order valence-corrected chi connectivity index (χ0v) is 9.82. The first-order chi connectivity index (χ1) is 7.20. The molecule has 0 unspecified atom stereocenters. The van der Waals surface area contributed by atoms with Gasteiger partial charge in [-0.05, 0) is 13.8 Å². The maximum atomic E-state index is 4.59. The Bertz CT molecular complexity index is 347. The van der Waals surface area contributed by atoms with Crippen molar-refractivity contribution in [1.29, 1.82) is 0 Å². The molecule has 3 heteroatoms. The Kier molecular flexibility index (Phi) is 3.00. The van der Waals surface area contributed by atoms with Crippen molar-refractivity contribution < 1.29 is 0 Å². The molecule has 0 fully saturated rings. The van der Waals surface area contributed by atoms with Crippen molar-refractivity contribution in [3.63, 3.8) is 0 Å². The minimum atomic E-state index is 0.615. The molecule has 82 valence electrons. The third-order valence-corrected chi connectivity index (χ3v) is 3.06. The largest absolute Gasteiger partial charge is 0.296 e. The molecule has 1 aromatic heterocycles. The van der Waals surface area contributed by atoms with Crippen LogP contribution in [0.3, 0.4) is 0 Å². The second-order valence-electron chi connectivity index (χ2n) is 4.43. The lowest BCUT2D eigenvalue weighted by Gasteiger charge is -2.31. The summed E-state index contributed by atoms with van der Waals surface area (Å²) in [5, 5.41) is 0. The average molecular weight is 205 g/mol. The second kappa shape index (κ2) is 4.27. The zero-order chi connectivity index (χ0) is 10.8. The molecule has 0 radical (unpaired) electrons. The number of aryl methyl sites for hydroxylation is 1.